The Morgan fingerprint density at radius 2 is 1.39 bits per heavy atom. The molecular weight excluding hydrogens is 535 g/mol. The first-order valence-corrected chi connectivity index (χ1v) is 11.7. The zero-order valence-corrected chi connectivity index (χ0v) is 20.2. The number of nitrogens with one attached hydrogen (secondary N) is 1. The second-order valence-electron chi connectivity index (χ2n) is 7.15. The van der Waals surface area contributed by atoms with Crippen molar-refractivity contribution in [2.75, 3.05) is 6.26 Å². The highest BCUT2D eigenvalue weighted by Gasteiger charge is 2.38. The van der Waals surface area contributed by atoms with Gasteiger partial charge in [-0.25, -0.2) is 14.6 Å². The van der Waals surface area contributed by atoms with E-state index in [1.165, 1.54) is 0 Å². The molecule has 0 saturated heterocycles. The number of carbonyl (C=O) groups excluding carboxylic acids is 1. The first kappa shape index (κ1) is 31.3. The van der Waals surface area contributed by atoms with E-state index in [4.69, 9.17) is 41.8 Å². The number of guanidine groups is 1. The highest BCUT2D eigenvalue weighted by atomic mass is 32.2. The largest absolute Gasteiger partial charge is 0.490 e. The van der Waals surface area contributed by atoms with Crippen molar-refractivity contribution >= 4 is 50.3 Å². The highest BCUT2D eigenvalue weighted by Crippen LogP contribution is 2.23. The van der Waals surface area contributed by atoms with Crippen molar-refractivity contribution in [1.29, 1.82) is 5.41 Å². The molecule has 0 radical (unpaired) electrons. The number of aliphatic carboxylic acids is 1. The van der Waals surface area contributed by atoms with E-state index in [0.717, 1.165) is 10.8 Å². The van der Waals surface area contributed by atoms with Crippen molar-refractivity contribution < 1.29 is 45.6 Å². The average Bonchev–Trinajstić information content (AvgIpc) is 2.77. The van der Waals surface area contributed by atoms with Crippen LogP contribution in [0.2, 0.25) is 0 Å². The van der Waals surface area contributed by atoms with Gasteiger partial charge in [-0.2, -0.15) is 21.6 Å². The number of esters is 1. The summed E-state index contributed by atoms with van der Waals surface area (Å²) in [7, 11) is -3.67. The van der Waals surface area contributed by atoms with Crippen molar-refractivity contribution in [3.63, 3.8) is 0 Å². The van der Waals surface area contributed by atoms with Gasteiger partial charge >= 0.3 is 18.1 Å². The Balaban J connectivity index is 0.000000503. The van der Waals surface area contributed by atoms with E-state index in [0.29, 0.717) is 28.8 Å². The van der Waals surface area contributed by atoms with Crippen LogP contribution in [0.5, 0.6) is 5.75 Å². The van der Waals surface area contributed by atoms with Gasteiger partial charge in [0.15, 0.2) is 5.96 Å². The average molecular weight is 558 g/mol. The number of carbonyl (C=O) groups is 2. The van der Waals surface area contributed by atoms with Crippen molar-refractivity contribution in [2.45, 2.75) is 6.18 Å². The summed E-state index contributed by atoms with van der Waals surface area (Å²) in [4.78, 5) is 25.1. The lowest BCUT2D eigenvalue weighted by atomic mass is 10.1. The van der Waals surface area contributed by atoms with Crippen molar-refractivity contribution in [3.05, 3.63) is 71.8 Å². The number of amidine groups is 1. The Morgan fingerprint density at radius 1 is 0.921 bits per heavy atom. The molecule has 0 unspecified atom stereocenters. The van der Waals surface area contributed by atoms with Crippen LogP contribution >= 0.6 is 0 Å². The molecule has 16 heteroatoms. The maximum atomic E-state index is 12.3. The summed E-state index contributed by atoms with van der Waals surface area (Å²) in [6.45, 7) is 0. The molecule has 0 atom stereocenters. The molecule has 0 aliphatic heterocycles. The van der Waals surface area contributed by atoms with Gasteiger partial charge in [0.25, 0.3) is 10.1 Å². The smallest absolute Gasteiger partial charge is 0.475 e. The summed E-state index contributed by atoms with van der Waals surface area (Å²) >= 11 is 0. The second-order valence-corrected chi connectivity index (χ2v) is 8.61. The van der Waals surface area contributed by atoms with Crippen LogP contribution in [0.3, 0.4) is 0 Å². The molecule has 0 saturated carbocycles. The molecule has 0 heterocycles. The van der Waals surface area contributed by atoms with Crippen LogP contribution in [0, 0.1) is 5.41 Å². The Labute approximate surface area is 213 Å². The predicted octanol–water partition coefficient (Wildman–Crippen LogP) is 2.39. The molecule has 0 spiro atoms. The molecule has 0 aliphatic carbocycles. The lowest BCUT2D eigenvalue weighted by Crippen LogP contribution is -2.21. The number of nitrogens with zero attached hydrogens (tertiary/aromatic N) is 1. The summed E-state index contributed by atoms with van der Waals surface area (Å²) in [6.07, 6.45) is -4.37. The number of fused-ring (bicyclic) bond motifs is 1. The molecule has 0 fully saturated rings. The molecule has 0 aromatic heterocycles. The number of nitrogen functional groups attached to an aromatic ring is 1. The van der Waals surface area contributed by atoms with E-state index >= 15 is 0 Å². The number of nitrogens with two attached hydrogens (primary N) is 3. The van der Waals surface area contributed by atoms with E-state index in [1.54, 1.807) is 48.5 Å². The Hall–Kier alpha value is -4.70. The fourth-order valence-corrected chi connectivity index (χ4v) is 2.44. The van der Waals surface area contributed by atoms with Gasteiger partial charge in [-0.1, -0.05) is 18.2 Å². The van der Waals surface area contributed by atoms with Gasteiger partial charge in [0.05, 0.1) is 17.5 Å². The maximum Gasteiger partial charge on any atom is 0.490 e. The number of carboxylic acid groups (broad SMARTS) is 1. The molecular formula is C22H22F3N5O7S. The van der Waals surface area contributed by atoms with E-state index < -0.39 is 28.2 Å². The lowest BCUT2D eigenvalue weighted by Gasteiger charge is -2.07. The maximum absolute atomic E-state index is 12.3. The van der Waals surface area contributed by atoms with Gasteiger partial charge in [0.2, 0.25) is 0 Å². The summed E-state index contributed by atoms with van der Waals surface area (Å²) in [5.74, 6) is -2.93. The van der Waals surface area contributed by atoms with Gasteiger partial charge in [0.1, 0.15) is 11.6 Å². The predicted molar refractivity (Wildman–Crippen MR) is 133 cm³/mol. The quantitative estimate of drug-likeness (QED) is 0.0901. The first-order chi connectivity index (χ1) is 17.4. The first-order valence-electron chi connectivity index (χ1n) is 9.89. The number of ether oxygens (including phenoxy) is 1. The number of hydrogen-bond acceptors (Lipinski definition) is 7. The molecule has 0 amide bonds. The van der Waals surface area contributed by atoms with Gasteiger partial charge in [-0.15, -0.1) is 0 Å². The van der Waals surface area contributed by atoms with Crippen LogP contribution in [0.25, 0.3) is 10.8 Å². The van der Waals surface area contributed by atoms with Crippen molar-refractivity contribution in [1.82, 2.24) is 0 Å². The van der Waals surface area contributed by atoms with Gasteiger partial charge in [-0.05, 0) is 53.2 Å². The number of alkyl halides is 3. The topological polar surface area (TPSA) is 232 Å². The van der Waals surface area contributed by atoms with E-state index in [2.05, 4.69) is 4.99 Å². The Bertz CT molecular complexity index is 1450. The minimum atomic E-state index is -5.08. The lowest BCUT2D eigenvalue weighted by molar-refractivity contribution is -0.192. The van der Waals surface area contributed by atoms with Gasteiger partial charge < -0.3 is 27.0 Å². The van der Waals surface area contributed by atoms with E-state index in [1.807, 2.05) is 12.1 Å². The minimum Gasteiger partial charge on any atom is -0.475 e. The fourth-order valence-electron chi connectivity index (χ4n) is 2.44. The number of hydrogen-bond donors (Lipinski definition) is 6. The minimum absolute atomic E-state index is 0.0184. The summed E-state index contributed by atoms with van der Waals surface area (Å²) in [5.41, 5.74) is 17.7. The Morgan fingerprint density at radius 3 is 1.84 bits per heavy atom. The van der Waals surface area contributed by atoms with Crippen LogP contribution in [0.1, 0.15) is 15.9 Å². The molecule has 3 aromatic carbocycles. The van der Waals surface area contributed by atoms with Crippen LogP contribution in [0.15, 0.2) is 65.7 Å². The summed E-state index contributed by atoms with van der Waals surface area (Å²) < 4.78 is 63.0. The highest BCUT2D eigenvalue weighted by molar-refractivity contribution is 7.85. The number of carboxylic acids is 1. The molecule has 0 aliphatic rings. The second kappa shape index (κ2) is 13.0. The SMILES string of the molecule is CS(=O)(=O)O.N=C(N)c1ccc2ccc(OC(=O)c3ccc(N=C(N)N)cc3)cc2c1.O=C(O)C(F)(F)F. The van der Waals surface area contributed by atoms with Crippen molar-refractivity contribution in [3.8, 4) is 5.75 Å². The van der Waals surface area contributed by atoms with Gasteiger partial charge in [0, 0.05) is 5.56 Å². The third-order valence-electron chi connectivity index (χ3n) is 3.94. The number of benzene rings is 3. The number of halogens is 3. The standard InChI is InChI=1S/C19H17N5O2.C2HF3O2.CH4O3S/c20-17(21)13-2-1-11-5-8-16(10-14(11)9-13)26-18(25)12-3-6-15(7-4-12)24-19(22)23;3-2(4,5)1(6)7;1-5(2,3)4/h1-10H,(H3,20,21)(H4,22,23,24);(H,6,7);1H3,(H,2,3,4). The van der Waals surface area contributed by atoms with Crippen molar-refractivity contribution in [2.24, 2.45) is 22.2 Å². The molecule has 38 heavy (non-hydrogen) atoms. The number of aliphatic imine (C=N–C) groups is 1. The molecule has 0 bridgehead atoms. The van der Waals surface area contributed by atoms with E-state index in [-0.39, 0.29) is 11.8 Å². The molecule has 204 valence electrons. The zero-order valence-electron chi connectivity index (χ0n) is 19.4. The van der Waals surface area contributed by atoms with Gasteiger partial charge in [-0.3, -0.25) is 9.96 Å². The fraction of sp³-hybridized carbons (Fsp3) is 0.0909. The molecule has 9 N–H and O–H groups in total. The normalized spacial score (nSPS) is 10.7. The zero-order chi connectivity index (χ0) is 29.3. The third kappa shape index (κ3) is 11.8. The number of rotatable bonds is 4. The third-order valence-corrected chi connectivity index (χ3v) is 3.94. The molecule has 12 nitrogen and oxygen atoms in total. The Kier molecular flexibility index (Phi) is 10.7. The van der Waals surface area contributed by atoms with E-state index in [9.17, 15) is 26.4 Å². The van der Waals surface area contributed by atoms with Crippen LogP contribution in [0.4, 0.5) is 18.9 Å². The summed E-state index contributed by atoms with van der Waals surface area (Å²) in [6, 6.07) is 17.1. The van der Waals surface area contributed by atoms with Crippen LogP contribution < -0.4 is 21.9 Å². The monoisotopic (exact) mass is 557 g/mol. The molecule has 3 rings (SSSR count). The summed E-state index contributed by atoms with van der Waals surface area (Å²) in [5, 5.41) is 16.4. The van der Waals surface area contributed by atoms with Crippen LogP contribution in [-0.4, -0.2) is 54.2 Å². The molecule has 3 aromatic rings. The van der Waals surface area contributed by atoms with Crippen LogP contribution in [-0.2, 0) is 14.9 Å².